The molecule has 6 aromatic carbocycles. The van der Waals surface area contributed by atoms with E-state index in [0.717, 1.165) is 55.7 Å². The summed E-state index contributed by atoms with van der Waals surface area (Å²) >= 11 is 0. The van der Waals surface area contributed by atoms with Gasteiger partial charge in [0.2, 0.25) is 0 Å². The summed E-state index contributed by atoms with van der Waals surface area (Å²) in [5, 5.41) is 11.7. The van der Waals surface area contributed by atoms with E-state index in [9.17, 15) is 5.26 Å². The van der Waals surface area contributed by atoms with Crippen molar-refractivity contribution < 1.29 is 24.5 Å². The fourth-order valence-corrected chi connectivity index (χ4v) is 7.14. The van der Waals surface area contributed by atoms with Crippen LogP contribution in [-0.2, 0) is 20.1 Å². The zero-order chi connectivity index (χ0) is 37.2. The number of nitriles is 1. The van der Waals surface area contributed by atoms with Crippen LogP contribution < -0.4 is 0 Å². The Balaban J connectivity index is 0.000000305. The largest absolute Gasteiger partial charge is 0.500 e. The van der Waals surface area contributed by atoms with Crippen LogP contribution >= 0.6 is 0 Å². The van der Waals surface area contributed by atoms with Gasteiger partial charge in [0, 0.05) is 43.4 Å². The molecule has 55 heavy (non-hydrogen) atoms. The number of aromatic nitrogens is 3. The molecule has 0 spiro atoms. The molecule has 0 fully saturated rings. The summed E-state index contributed by atoms with van der Waals surface area (Å²) in [7, 11) is 0. The molecule has 9 aromatic rings. The van der Waals surface area contributed by atoms with E-state index in [2.05, 4.69) is 116 Å². The number of hydrogen-bond donors (Lipinski definition) is 0. The Morgan fingerprint density at radius 3 is 2.11 bits per heavy atom. The van der Waals surface area contributed by atoms with Crippen LogP contribution in [0.4, 0.5) is 0 Å². The summed E-state index contributed by atoms with van der Waals surface area (Å²) in [6.07, 6.45) is 1.79. The van der Waals surface area contributed by atoms with Crippen LogP contribution in [0.15, 0.2) is 150 Å². The maximum atomic E-state index is 10.0. The van der Waals surface area contributed by atoms with Gasteiger partial charge in [0.05, 0.1) is 22.4 Å². The van der Waals surface area contributed by atoms with E-state index in [-0.39, 0.29) is 31.9 Å². The summed E-state index contributed by atoms with van der Waals surface area (Å²) in [6, 6.07) is 55.7. The van der Waals surface area contributed by atoms with E-state index >= 15 is 0 Å². The Labute approximate surface area is 335 Å². The van der Waals surface area contributed by atoms with Crippen molar-refractivity contribution in [1.29, 1.82) is 5.26 Å². The van der Waals surface area contributed by atoms with Crippen molar-refractivity contribution in [2.45, 2.75) is 39.5 Å². The summed E-state index contributed by atoms with van der Waals surface area (Å²) in [4.78, 5) is 9.42. The van der Waals surface area contributed by atoms with Gasteiger partial charge in [-0.1, -0.05) is 106 Å². The topological polar surface area (TPSA) is 67.6 Å². The van der Waals surface area contributed by atoms with Gasteiger partial charge in [-0.2, -0.15) is 0 Å². The number of fused-ring (bicyclic) bond motifs is 4. The Hall–Kier alpha value is -6.12. The molecule has 0 amide bonds. The van der Waals surface area contributed by atoms with Crippen LogP contribution in [0.5, 0.6) is 0 Å². The quantitative estimate of drug-likeness (QED) is 0.156. The second kappa shape index (κ2) is 16.1. The molecule has 6 heteroatoms. The molecule has 0 saturated heterocycles. The molecule has 0 saturated carbocycles. The molecule has 271 valence electrons. The molecular weight excluding hydrogens is 853 g/mol. The molecule has 3 heterocycles. The number of para-hydroxylation sites is 3. The average molecular weight is 891 g/mol. The molecule has 0 N–H and O–H groups in total. The predicted molar refractivity (Wildman–Crippen MR) is 219 cm³/mol. The summed E-state index contributed by atoms with van der Waals surface area (Å²) < 4.78 is 8.75. The van der Waals surface area contributed by atoms with Crippen molar-refractivity contribution in [3.8, 4) is 45.5 Å². The van der Waals surface area contributed by atoms with E-state index in [1.54, 1.807) is 12.3 Å². The van der Waals surface area contributed by atoms with Gasteiger partial charge in [-0.15, -0.1) is 48.0 Å². The van der Waals surface area contributed by atoms with Gasteiger partial charge in [-0.25, -0.2) is 5.26 Å². The van der Waals surface area contributed by atoms with E-state index < -0.39 is 0 Å². The first-order chi connectivity index (χ1) is 26.4. The molecule has 0 aliphatic heterocycles. The summed E-state index contributed by atoms with van der Waals surface area (Å²) in [6.45, 7) is 9.01. The standard InChI is InChI=1S/C38H30N3O.C11H8N.Ir/c1-23(2)30-20-27(25-12-6-5-7-13-25)21-31(24(3)4)36(30)41-33-16-10-9-15-32(33)40-38(41)29-19-18-26(22-39)35-28-14-8-11-17-34(28)42-37(29)35;1-2-6-10(7-3-1)11-8-4-5-9-12-11;/h5-18,20-21,23-24H,1-4H3;1-6,8-9H;/q2*-1;. The van der Waals surface area contributed by atoms with E-state index in [0.29, 0.717) is 11.1 Å². The fourth-order valence-electron chi connectivity index (χ4n) is 7.14. The van der Waals surface area contributed by atoms with Gasteiger partial charge in [0.1, 0.15) is 5.58 Å². The molecule has 0 bridgehead atoms. The minimum absolute atomic E-state index is 0. The smallest absolute Gasteiger partial charge is 0.120 e. The van der Waals surface area contributed by atoms with Gasteiger partial charge in [-0.05, 0) is 87.1 Å². The minimum atomic E-state index is 0. The maximum Gasteiger partial charge on any atom is 0.120 e. The molecule has 0 atom stereocenters. The van der Waals surface area contributed by atoms with Gasteiger partial charge in [0.15, 0.2) is 0 Å². The number of pyridine rings is 1. The number of imidazole rings is 1. The molecule has 3 aromatic heterocycles. The molecule has 0 unspecified atom stereocenters. The molecule has 9 rings (SSSR count). The Kier molecular flexibility index (Phi) is 10.9. The van der Waals surface area contributed by atoms with Crippen LogP contribution in [0, 0.1) is 23.5 Å². The van der Waals surface area contributed by atoms with Crippen molar-refractivity contribution in [2.75, 3.05) is 0 Å². The van der Waals surface area contributed by atoms with Gasteiger partial charge < -0.3 is 14.0 Å². The van der Waals surface area contributed by atoms with Crippen LogP contribution in [0.1, 0.15) is 56.2 Å². The van der Waals surface area contributed by atoms with Crippen molar-refractivity contribution in [3.05, 3.63) is 175 Å². The third-order valence-corrected chi connectivity index (χ3v) is 9.75. The Morgan fingerprint density at radius 1 is 0.727 bits per heavy atom. The van der Waals surface area contributed by atoms with Gasteiger partial charge >= 0.3 is 0 Å². The second-order valence-corrected chi connectivity index (χ2v) is 13.9. The van der Waals surface area contributed by atoms with Crippen LogP contribution in [-0.4, -0.2) is 14.5 Å². The van der Waals surface area contributed by atoms with Crippen molar-refractivity contribution in [3.63, 3.8) is 0 Å². The van der Waals surface area contributed by atoms with Crippen molar-refractivity contribution in [2.24, 2.45) is 0 Å². The predicted octanol–water partition coefficient (Wildman–Crippen LogP) is 12.7. The van der Waals surface area contributed by atoms with E-state index in [1.807, 2.05) is 72.8 Å². The number of nitrogens with zero attached hydrogens (tertiary/aromatic N) is 4. The molecule has 0 aliphatic carbocycles. The van der Waals surface area contributed by atoms with Crippen LogP contribution in [0.25, 0.3) is 72.4 Å². The third kappa shape index (κ3) is 7.13. The number of benzene rings is 6. The fraction of sp³-hybridized carbons (Fsp3) is 0.122. The Morgan fingerprint density at radius 2 is 1.42 bits per heavy atom. The van der Waals surface area contributed by atoms with Gasteiger partial charge in [-0.3, -0.25) is 4.98 Å². The second-order valence-electron chi connectivity index (χ2n) is 13.9. The summed E-state index contributed by atoms with van der Waals surface area (Å²) in [5.41, 5.74) is 12.6. The monoisotopic (exact) mass is 891 g/mol. The van der Waals surface area contributed by atoms with Crippen LogP contribution in [0.2, 0.25) is 0 Å². The maximum absolute atomic E-state index is 10.0. The SMILES string of the molecule is CC(C)c1cc(-c2ccccc2)cc(C(C)C)c1-n1c(-c2[c-]cc(C#N)c3c2oc2ccccc23)nc2ccccc21.[Ir].[c-]1ccccc1-c1ccccn1. The van der Waals surface area contributed by atoms with E-state index in [4.69, 9.17) is 9.40 Å². The number of furan rings is 1. The normalized spacial score (nSPS) is 11.1. The van der Waals surface area contributed by atoms with Crippen molar-refractivity contribution in [1.82, 2.24) is 14.5 Å². The molecule has 5 nitrogen and oxygen atoms in total. The number of hydrogen-bond acceptors (Lipinski definition) is 4. The minimum Gasteiger partial charge on any atom is -0.500 e. The van der Waals surface area contributed by atoms with Gasteiger partial charge in [0.25, 0.3) is 0 Å². The zero-order valence-corrected chi connectivity index (χ0v) is 33.4. The van der Waals surface area contributed by atoms with Crippen LogP contribution in [0.3, 0.4) is 0 Å². The zero-order valence-electron chi connectivity index (χ0n) is 31.0. The van der Waals surface area contributed by atoms with Crippen molar-refractivity contribution >= 4 is 33.0 Å². The first-order valence-electron chi connectivity index (χ1n) is 18.3. The molecule has 0 aliphatic rings. The molecular formula is C49H38IrN4O-2. The average Bonchev–Trinajstić information content (AvgIpc) is 3.80. The Bertz CT molecular complexity index is 2710. The first kappa shape index (κ1) is 37.2. The first-order valence-corrected chi connectivity index (χ1v) is 18.3. The molecule has 1 radical (unpaired) electrons. The number of rotatable bonds is 6. The third-order valence-electron chi connectivity index (χ3n) is 9.75. The van der Waals surface area contributed by atoms with E-state index in [1.165, 1.54) is 22.3 Å². The summed E-state index contributed by atoms with van der Waals surface area (Å²) in [5.74, 6) is 1.26.